The molecule has 4 rings (SSSR count). The van der Waals surface area contributed by atoms with Crippen LogP contribution in [0, 0.1) is 22.2 Å². The molecule has 4 fully saturated rings. The van der Waals surface area contributed by atoms with Crippen LogP contribution in [-0.2, 0) is 4.79 Å². The molecule has 3 nitrogen and oxygen atoms in total. The zero-order valence-corrected chi connectivity index (χ0v) is 11.6. The second kappa shape index (κ2) is 3.12. The van der Waals surface area contributed by atoms with Gasteiger partial charge in [0.1, 0.15) is 0 Å². The van der Waals surface area contributed by atoms with E-state index in [4.69, 9.17) is 0 Å². The van der Waals surface area contributed by atoms with Gasteiger partial charge in [-0.15, -0.1) is 0 Å². The first kappa shape index (κ1) is 12.5. The highest BCUT2D eigenvalue weighted by Crippen LogP contribution is 2.72. The van der Waals surface area contributed by atoms with E-state index in [0.29, 0.717) is 6.42 Å². The third kappa shape index (κ3) is 1.56. The summed E-state index contributed by atoms with van der Waals surface area (Å²) < 4.78 is 0. The van der Waals surface area contributed by atoms with Gasteiger partial charge in [-0.2, -0.15) is 0 Å². The molecule has 4 aliphatic carbocycles. The Balaban J connectivity index is 2.06. The molecular formula is C15H24O3. The first-order valence-corrected chi connectivity index (χ1v) is 7.05. The molecule has 3 atom stereocenters. The standard InChI is InChI=1S/C15H24O3/c1-10(11(16)17)14-5-12(2)4-13(3,6-14)8-15(18,7-12)9-14/h10,18H,4-9H2,1-3H3,(H,16,17)/t10-,12?,13?,14?,15?/m1/s1. The molecule has 102 valence electrons. The van der Waals surface area contributed by atoms with Crippen LogP contribution < -0.4 is 0 Å². The SMILES string of the molecule is C[C@H](C(=O)O)C12CC3(C)CC(C)(CC(O)(C3)C1)C2. The van der Waals surface area contributed by atoms with E-state index in [0.717, 1.165) is 32.1 Å². The third-order valence-corrected chi connectivity index (χ3v) is 5.89. The molecule has 2 N–H and O–H groups in total. The Morgan fingerprint density at radius 1 is 1.00 bits per heavy atom. The maximum atomic E-state index is 11.4. The Hall–Kier alpha value is -0.570. The number of rotatable bonds is 2. The molecular weight excluding hydrogens is 228 g/mol. The van der Waals surface area contributed by atoms with Gasteiger partial charge in [-0.3, -0.25) is 4.79 Å². The number of carboxylic acids is 1. The van der Waals surface area contributed by atoms with E-state index in [-0.39, 0.29) is 22.2 Å². The van der Waals surface area contributed by atoms with E-state index in [1.807, 2.05) is 6.92 Å². The van der Waals surface area contributed by atoms with Gasteiger partial charge in [0.2, 0.25) is 0 Å². The highest BCUT2D eigenvalue weighted by atomic mass is 16.4. The highest BCUT2D eigenvalue weighted by molar-refractivity contribution is 5.70. The summed E-state index contributed by atoms with van der Waals surface area (Å²) in [6.07, 6.45) is 5.53. The number of carboxylic acid groups (broad SMARTS) is 1. The van der Waals surface area contributed by atoms with Crippen molar-refractivity contribution >= 4 is 5.97 Å². The van der Waals surface area contributed by atoms with E-state index in [2.05, 4.69) is 13.8 Å². The Morgan fingerprint density at radius 2 is 1.50 bits per heavy atom. The van der Waals surface area contributed by atoms with Crippen LogP contribution >= 0.6 is 0 Å². The molecule has 18 heavy (non-hydrogen) atoms. The first-order valence-electron chi connectivity index (χ1n) is 7.05. The van der Waals surface area contributed by atoms with Crippen molar-refractivity contribution in [2.24, 2.45) is 22.2 Å². The van der Waals surface area contributed by atoms with Crippen molar-refractivity contribution < 1.29 is 15.0 Å². The van der Waals surface area contributed by atoms with Crippen molar-refractivity contribution in [2.75, 3.05) is 0 Å². The second-order valence-electron chi connectivity index (χ2n) is 8.33. The largest absolute Gasteiger partial charge is 0.481 e. The maximum Gasteiger partial charge on any atom is 0.306 e. The van der Waals surface area contributed by atoms with Gasteiger partial charge in [0.05, 0.1) is 11.5 Å². The van der Waals surface area contributed by atoms with Gasteiger partial charge in [0, 0.05) is 0 Å². The molecule has 0 spiro atoms. The van der Waals surface area contributed by atoms with Crippen molar-refractivity contribution in [3.8, 4) is 0 Å². The lowest BCUT2D eigenvalue weighted by atomic mass is 9.37. The lowest BCUT2D eigenvalue weighted by Gasteiger charge is -2.69. The minimum atomic E-state index is -0.701. The monoisotopic (exact) mass is 252 g/mol. The summed E-state index contributed by atoms with van der Waals surface area (Å²) in [5.74, 6) is -1.05. The average molecular weight is 252 g/mol. The van der Waals surface area contributed by atoms with Crippen molar-refractivity contribution in [1.82, 2.24) is 0 Å². The molecule has 0 aliphatic heterocycles. The van der Waals surface area contributed by atoms with Crippen LogP contribution in [0.25, 0.3) is 0 Å². The maximum absolute atomic E-state index is 11.4. The van der Waals surface area contributed by atoms with E-state index < -0.39 is 11.6 Å². The van der Waals surface area contributed by atoms with E-state index in [1.54, 1.807) is 0 Å². The molecule has 4 saturated carbocycles. The van der Waals surface area contributed by atoms with Gasteiger partial charge in [-0.05, 0) is 54.8 Å². The van der Waals surface area contributed by atoms with Gasteiger partial charge in [-0.1, -0.05) is 20.8 Å². The molecule has 0 heterocycles. The normalized spacial score (nSPS) is 55.6. The van der Waals surface area contributed by atoms with Crippen molar-refractivity contribution in [3.63, 3.8) is 0 Å². The zero-order valence-electron chi connectivity index (χ0n) is 11.6. The van der Waals surface area contributed by atoms with Crippen LogP contribution in [-0.4, -0.2) is 21.8 Å². The number of carbonyl (C=O) groups is 1. The molecule has 0 saturated heterocycles. The Kier molecular flexibility index (Phi) is 2.16. The van der Waals surface area contributed by atoms with Crippen LogP contribution in [0.5, 0.6) is 0 Å². The van der Waals surface area contributed by atoms with Crippen molar-refractivity contribution in [2.45, 2.75) is 64.9 Å². The smallest absolute Gasteiger partial charge is 0.306 e. The van der Waals surface area contributed by atoms with Crippen molar-refractivity contribution in [3.05, 3.63) is 0 Å². The molecule has 3 heteroatoms. The Bertz CT molecular complexity index is 360. The molecule has 0 aromatic heterocycles. The average Bonchev–Trinajstić information content (AvgIpc) is 2.07. The summed E-state index contributed by atoms with van der Waals surface area (Å²) in [5.41, 5.74) is -0.509. The van der Waals surface area contributed by atoms with Gasteiger partial charge >= 0.3 is 5.97 Å². The van der Waals surface area contributed by atoms with E-state index in [1.165, 1.54) is 0 Å². The zero-order chi connectivity index (χ0) is 13.4. The number of aliphatic carboxylic acids is 1. The van der Waals surface area contributed by atoms with Crippen LogP contribution in [0.15, 0.2) is 0 Å². The summed E-state index contributed by atoms with van der Waals surface area (Å²) in [6, 6.07) is 0. The minimum Gasteiger partial charge on any atom is -0.481 e. The van der Waals surface area contributed by atoms with E-state index in [9.17, 15) is 15.0 Å². The molecule has 0 amide bonds. The highest BCUT2D eigenvalue weighted by Gasteiger charge is 2.67. The lowest BCUT2D eigenvalue weighted by molar-refractivity contribution is -0.238. The minimum absolute atomic E-state index is 0.141. The number of hydrogen-bond donors (Lipinski definition) is 2. The van der Waals surface area contributed by atoms with Crippen molar-refractivity contribution in [1.29, 1.82) is 0 Å². The van der Waals surface area contributed by atoms with Crippen LogP contribution in [0.4, 0.5) is 0 Å². The van der Waals surface area contributed by atoms with Crippen LogP contribution in [0.1, 0.15) is 59.3 Å². The third-order valence-electron chi connectivity index (χ3n) is 5.89. The van der Waals surface area contributed by atoms with Gasteiger partial charge in [0.15, 0.2) is 0 Å². The first-order chi connectivity index (χ1) is 8.10. The quantitative estimate of drug-likeness (QED) is 0.794. The van der Waals surface area contributed by atoms with Crippen LogP contribution in [0.3, 0.4) is 0 Å². The summed E-state index contributed by atoms with van der Waals surface area (Å²) in [7, 11) is 0. The topological polar surface area (TPSA) is 57.5 Å². The lowest BCUT2D eigenvalue weighted by Crippen LogP contribution is -2.64. The number of aliphatic hydroxyl groups is 1. The molecule has 4 bridgehead atoms. The molecule has 0 aromatic carbocycles. The van der Waals surface area contributed by atoms with Gasteiger partial charge in [-0.25, -0.2) is 0 Å². The fourth-order valence-corrected chi connectivity index (χ4v) is 6.45. The molecule has 2 unspecified atom stereocenters. The van der Waals surface area contributed by atoms with Gasteiger partial charge < -0.3 is 10.2 Å². The Morgan fingerprint density at radius 3 is 1.89 bits per heavy atom. The summed E-state index contributed by atoms with van der Waals surface area (Å²) in [6.45, 7) is 6.33. The second-order valence-corrected chi connectivity index (χ2v) is 8.33. The van der Waals surface area contributed by atoms with E-state index >= 15 is 0 Å². The fourth-order valence-electron chi connectivity index (χ4n) is 6.45. The number of hydrogen-bond acceptors (Lipinski definition) is 2. The summed E-state index contributed by atoms with van der Waals surface area (Å²) >= 11 is 0. The molecule has 4 aliphatic rings. The predicted molar refractivity (Wildman–Crippen MR) is 68.1 cm³/mol. The molecule has 0 radical (unpaired) electrons. The van der Waals surface area contributed by atoms with Crippen LogP contribution in [0.2, 0.25) is 0 Å². The molecule has 0 aromatic rings. The summed E-state index contributed by atoms with van der Waals surface area (Å²) in [4.78, 5) is 11.4. The van der Waals surface area contributed by atoms with Gasteiger partial charge in [0.25, 0.3) is 0 Å². The Labute approximate surface area is 109 Å². The summed E-state index contributed by atoms with van der Waals surface area (Å²) in [5, 5.41) is 20.2. The fraction of sp³-hybridized carbons (Fsp3) is 0.933. The predicted octanol–water partition coefficient (Wildman–Crippen LogP) is 2.82.